The van der Waals surface area contributed by atoms with E-state index in [1.54, 1.807) is 0 Å². The van der Waals surface area contributed by atoms with Crippen LogP contribution in [0.4, 0.5) is 0 Å². The lowest BCUT2D eigenvalue weighted by atomic mass is 10.0. The molecule has 0 saturated heterocycles. The van der Waals surface area contributed by atoms with Crippen LogP contribution in [0.2, 0.25) is 0 Å². The molecule has 0 unspecified atom stereocenters. The number of benzene rings is 1. The summed E-state index contributed by atoms with van der Waals surface area (Å²) in [5.74, 6) is 0.0754. The molecule has 3 N–H and O–H groups in total. The molecule has 1 heterocycles. The van der Waals surface area contributed by atoms with Crippen LogP contribution >= 0.6 is 0 Å². The van der Waals surface area contributed by atoms with E-state index in [-0.39, 0.29) is 5.91 Å². The van der Waals surface area contributed by atoms with Crippen LogP contribution in [0.1, 0.15) is 11.1 Å². The standard InChI is InChI=1S/C14H21N3O/c15-7-8-16-14(18)11-17-9-5-12-3-1-2-4-13(12)6-10-17/h1-4H,5-11,15H2,(H,16,18). The van der Waals surface area contributed by atoms with Gasteiger partial charge in [0.05, 0.1) is 6.54 Å². The van der Waals surface area contributed by atoms with Gasteiger partial charge in [0.1, 0.15) is 0 Å². The second-order valence-corrected chi connectivity index (χ2v) is 4.68. The van der Waals surface area contributed by atoms with Gasteiger partial charge in [-0.3, -0.25) is 9.69 Å². The smallest absolute Gasteiger partial charge is 0.234 e. The van der Waals surface area contributed by atoms with Crippen molar-refractivity contribution in [2.75, 3.05) is 32.7 Å². The predicted octanol–water partition coefficient (Wildman–Crippen LogP) is 0.162. The average molecular weight is 247 g/mol. The van der Waals surface area contributed by atoms with E-state index in [0.717, 1.165) is 25.9 Å². The van der Waals surface area contributed by atoms with Crippen LogP contribution in [-0.2, 0) is 17.6 Å². The number of carbonyl (C=O) groups is 1. The van der Waals surface area contributed by atoms with Crippen LogP contribution in [0.25, 0.3) is 0 Å². The van der Waals surface area contributed by atoms with E-state index in [2.05, 4.69) is 34.5 Å². The van der Waals surface area contributed by atoms with Crippen molar-refractivity contribution in [2.24, 2.45) is 5.73 Å². The van der Waals surface area contributed by atoms with Crippen molar-refractivity contribution in [1.29, 1.82) is 0 Å². The molecule has 0 radical (unpaired) electrons. The molecule has 0 atom stereocenters. The summed E-state index contributed by atoms with van der Waals surface area (Å²) in [7, 11) is 0. The largest absolute Gasteiger partial charge is 0.354 e. The van der Waals surface area contributed by atoms with Crippen molar-refractivity contribution in [1.82, 2.24) is 10.2 Å². The highest BCUT2D eigenvalue weighted by Gasteiger charge is 2.15. The number of nitrogens with zero attached hydrogens (tertiary/aromatic N) is 1. The summed E-state index contributed by atoms with van der Waals surface area (Å²) >= 11 is 0. The maximum absolute atomic E-state index is 11.6. The molecule has 4 heteroatoms. The molecule has 2 rings (SSSR count). The zero-order valence-corrected chi connectivity index (χ0v) is 10.7. The third kappa shape index (κ3) is 3.55. The maximum atomic E-state index is 11.6. The lowest BCUT2D eigenvalue weighted by Gasteiger charge is -2.18. The molecule has 0 spiro atoms. The topological polar surface area (TPSA) is 58.4 Å². The zero-order valence-electron chi connectivity index (χ0n) is 10.7. The van der Waals surface area contributed by atoms with Gasteiger partial charge >= 0.3 is 0 Å². The van der Waals surface area contributed by atoms with E-state index in [1.807, 2.05) is 0 Å². The van der Waals surface area contributed by atoms with Crippen LogP contribution in [0.5, 0.6) is 0 Å². The Bertz CT molecular complexity index is 379. The summed E-state index contributed by atoms with van der Waals surface area (Å²) in [5.41, 5.74) is 8.20. The molecule has 1 amide bonds. The molecule has 4 nitrogen and oxygen atoms in total. The Morgan fingerprint density at radius 3 is 2.39 bits per heavy atom. The number of amides is 1. The first-order valence-corrected chi connectivity index (χ1v) is 6.55. The van der Waals surface area contributed by atoms with Crippen molar-refractivity contribution in [3.8, 4) is 0 Å². The predicted molar refractivity (Wildman–Crippen MR) is 72.4 cm³/mol. The summed E-state index contributed by atoms with van der Waals surface area (Å²) in [5, 5.41) is 2.82. The fourth-order valence-corrected chi connectivity index (χ4v) is 2.34. The van der Waals surface area contributed by atoms with Crippen molar-refractivity contribution in [3.05, 3.63) is 35.4 Å². The molecule has 0 saturated carbocycles. The monoisotopic (exact) mass is 247 g/mol. The van der Waals surface area contributed by atoms with E-state index in [4.69, 9.17) is 5.73 Å². The van der Waals surface area contributed by atoms with E-state index in [9.17, 15) is 4.79 Å². The number of fused-ring (bicyclic) bond motifs is 1. The van der Waals surface area contributed by atoms with E-state index in [1.165, 1.54) is 11.1 Å². The molecular weight excluding hydrogens is 226 g/mol. The SMILES string of the molecule is NCCNC(=O)CN1CCc2ccccc2CC1. The third-order valence-corrected chi connectivity index (χ3v) is 3.35. The fourth-order valence-electron chi connectivity index (χ4n) is 2.34. The Labute approximate surface area is 108 Å². The molecule has 1 aliphatic heterocycles. The van der Waals surface area contributed by atoms with Gasteiger partial charge in [0, 0.05) is 26.2 Å². The summed E-state index contributed by atoms with van der Waals surface area (Å²) in [4.78, 5) is 13.9. The average Bonchev–Trinajstić information content (AvgIpc) is 2.59. The Morgan fingerprint density at radius 2 is 1.83 bits per heavy atom. The Hall–Kier alpha value is -1.39. The van der Waals surface area contributed by atoms with Crippen LogP contribution in [0, 0.1) is 0 Å². The normalized spacial score (nSPS) is 15.8. The first kappa shape index (κ1) is 13.1. The molecule has 0 aliphatic carbocycles. The molecule has 0 fully saturated rings. The highest BCUT2D eigenvalue weighted by atomic mass is 16.2. The summed E-state index contributed by atoms with van der Waals surface area (Å²) in [6, 6.07) is 8.55. The van der Waals surface area contributed by atoms with Gasteiger partial charge in [-0.2, -0.15) is 0 Å². The molecule has 1 aliphatic rings. The van der Waals surface area contributed by atoms with Gasteiger partial charge in [0.25, 0.3) is 0 Å². The van der Waals surface area contributed by atoms with E-state index < -0.39 is 0 Å². The number of nitrogens with two attached hydrogens (primary N) is 1. The first-order valence-electron chi connectivity index (χ1n) is 6.55. The molecule has 98 valence electrons. The van der Waals surface area contributed by atoms with E-state index in [0.29, 0.717) is 19.6 Å². The van der Waals surface area contributed by atoms with Crippen LogP contribution in [0.3, 0.4) is 0 Å². The molecule has 0 aromatic heterocycles. The molecular formula is C14H21N3O. The Morgan fingerprint density at radius 1 is 1.22 bits per heavy atom. The van der Waals surface area contributed by atoms with E-state index >= 15 is 0 Å². The number of carbonyl (C=O) groups excluding carboxylic acids is 1. The summed E-state index contributed by atoms with van der Waals surface area (Å²) in [6.07, 6.45) is 2.06. The number of rotatable bonds is 4. The summed E-state index contributed by atoms with van der Waals surface area (Å²) in [6.45, 7) is 3.44. The number of hydrogen-bond donors (Lipinski definition) is 2. The summed E-state index contributed by atoms with van der Waals surface area (Å²) < 4.78 is 0. The van der Waals surface area contributed by atoms with Gasteiger partial charge in [-0.15, -0.1) is 0 Å². The number of hydrogen-bond acceptors (Lipinski definition) is 3. The second kappa shape index (κ2) is 6.52. The van der Waals surface area contributed by atoms with Gasteiger partial charge in [0.2, 0.25) is 5.91 Å². The molecule has 18 heavy (non-hydrogen) atoms. The number of nitrogens with one attached hydrogen (secondary N) is 1. The fraction of sp³-hybridized carbons (Fsp3) is 0.500. The third-order valence-electron chi connectivity index (χ3n) is 3.35. The lowest BCUT2D eigenvalue weighted by Crippen LogP contribution is -2.40. The van der Waals surface area contributed by atoms with Crippen LogP contribution < -0.4 is 11.1 Å². The van der Waals surface area contributed by atoms with Gasteiger partial charge in [0.15, 0.2) is 0 Å². The van der Waals surface area contributed by atoms with Crippen LogP contribution in [-0.4, -0.2) is 43.5 Å². The maximum Gasteiger partial charge on any atom is 0.234 e. The lowest BCUT2D eigenvalue weighted by molar-refractivity contribution is -0.122. The highest BCUT2D eigenvalue weighted by molar-refractivity contribution is 5.78. The molecule has 1 aromatic rings. The van der Waals surface area contributed by atoms with Crippen molar-refractivity contribution in [3.63, 3.8) is 0 Å². The Balaban J connectivity index is 1.86. The minimum absolute atomic E-state index is 0.0754. The zero-order chi connectivity index (χ0) is 12.8. The first-order chi connectivity index (χ1) is 8.79. The van der Waals surface area contributed by atoms with Crippen molar-refractivity contribution >= 4 is 5.91 Å². The van der Waals surface area contributed by atoms with Crippen LogP contribution in [0.15, 0.2) is 24.3 Å². The van der Waals surface area contributed by atoms with Gasteiger partial charge in [-0.1, -0.05) is 24.3 Å². The van der Waals surface area contributed by atoms with Gasteiger partial charge < -0.3 is 11.1 Å². The quantitative estimate of drug-likeness (QED) is 0.797. The minimum Gasteiger partial charge on any atom is -0.354 e. The highest BCUT2D eigenvalue weighted by Crippen LogP contribution is 2.15. The van der Waals surface area contributed by atoms with Crippen molar-refractivity contribution < 1.29 is 4.79 Å². The van der Waals surface area contributed by atoms with Crippen molar-refractivity contribution in [2.45, 2.75) is 12.8 Å². The molecule has 1 aromatic carbocycles. The minimum atomic E-state index is 0.0754. The van der Waals surface area contributed by atoms with Gasteiger partial charge in [-0.05, 0) is 24.0 Å². The van der Waals surface area contributed by atoms with Gasteiger partial charge in [-0.25, -0.2) is 0 Å². The molecule has 0 bridgehead atoms. The second-order valence-electron chi connectivity index (χ2n) is 4.68. The Kier molecular flexibility index (Phi) is 4.73.